The molecule has 194 valence electrons. The fourth-order valence-electron chi connectivity index (χ4n) is 5.18. The normalized spacial score (nSPS) is 18.4. The zero-order valence-electron chi connectivity index (χ0n) is 21.7. The second-order valence-electron chi connectivity index (χ2n) is 10.8. The molecule has 2 aliphatic heterocycles. The van der Waals surface area contributed by atoms with Crippen molar-refractivity contribution in [3.05, 3.63) is 41.3 Å². The first-order chi connectivity index (χ1) is 17.6. The molecule has 2 aromatic heterocycles. The van der Waals surface area contributed by atoms with Crippen molar-refractivity contribution in [3.63, 3.8) is 0 Å². The van der Waals surface area contributed by atoms with Gasteiger partial charge in [-0.15, -0.1) is 0 Å². The highest BCUT2D eigenvalue weighted by atomic mass is 35.5. The van der Waals surface area contributed by atoms with Gasteiger partial charge in [0.2, 0.25) is 0 Å². The summed E-state index contributed by atoms with van der Waals surface area (Å²) in [5.41, 5.74) is 2.58. The van der Waals surface area contributed by atoms with Crippen molar-refractivity contribution in [2.75, 3.05) is 42.5 Å². The van der Waals surface area contributed by atoms with Crippen molar-refractivity contribution < 1.29 is 9.53 Å². The van der Waals surface area contributed by atoms with Crippen LogP contribution in [0.15, 0.2) is 30.7 Å². The molecule has 3 aromatic rings. The molecule has 0 bridgehead atoms. The van der Waals surface area contributed by atoms with Crippen LogP contribution in [-0.2, 0) is 4.74 Å². The van der Waals surface area contributed by atoms with Crippen molar-refractivity contribution in [1.82, 2.24) is 19.4 Å². The van der Waals surface area contributed by atoms with Gasteiger partial charge in [0.05, 0.1) is 22.7 Å². The highest BCUT2D eigenvalue weighted by molar-refractivity contribution is 6.30. The second kappa shape index (κ2) is 9.75. The van der Waals surface area contributed by atoms with Gasteiger partial charge >= 0.3 is 6.09 Å². The number of carbonyl (C=O) groups is 1. The Balaban J connectivity index is 1.56. The van der Waals surface area contributed by atoms with Crippen LogP contribution in [0.2, 0.25) is 5.02 Å². The average molecular weight is 522 g/mol. The Labute approximate surface area is 222 Å². The van der Waals surface area contributed by atoms with Crippen molar-refractivity contribution in [1.29, 1.82) is 5.26 Å². The molecule has 5 rings (SSSR count). The van der Waals surface area contributed by atoms with E-state index in [1.54, 1.807) is 17.3 Å². The van der Waals surface area contributed by atoms with Crippen molar-refractivity contribution in [2.45, 2.75) is 52.2 Å². The number of fused-ring (bicyclic) bond motifs is 1. The fourth-order valence-corrected chi connectivity index (χ4v) is 5.41. The van der Waals surface area contributed by atoms with E-state index in [0.29, 0.717) is 30.2 Å². The maximum absolute atomic E-state index is 12.7. The van der Waals surface area contributed by atoms with E-state index in [-0.39, 0.29) is 12.1 Å². The minimum absolute atomic E-state index is 0.0329. The molecule has 2 fully saturated rings. The van der Waals surface area contributed by atoms with Gasteiger partial charge in [-0.1, -0.05) is 11.6 Å². The SMILES string of the molecule is CC1CN(C(=O)OC(C)(C)C)CCN1c1ncnc2c1c(N1CCCC1)cn2-c1cc(Cl)cc(C#N)c1. The smallest absolute Gasteiger partial charge is 0.410 e. The first kappa shape index (κ1) is 25.2. The second-order valence-corrected chi connectivity index (χ2v) is 11.2. The van der Waals surface area contributed by atoms with Crippen molar-refractivity contribution in [3.8, 4) is 11.8 Å². The summed E-state index contributed by atoms with van der Waals surface area (Å²) in [4.78, 5) is 28.6. The molecular weight excluding hydrogens is 490 g/mol. The number of benzene rings is 1. The Kier molecular flexibility index (Phi) is 6.63. The van der Waals surface area contributed by atoms with E-state index in [1.165, 1.54) is 0 Å². The lowest BCUT2D eigenvalue weighted by Gasteiger charge is -2.41. The molecule has 1 unspecified atom stereocenters. The minimum atomic E-state index is -0.532. The first-order valence-corrected chi connectivity index (χ1v) is 13.1. The number of rotatable bonds is 3. The van der Waals surface area contributed by atoms with Gasteiger partial charge in [0.15, 0.2) is 5.65 Å². The molecule has 37 heavy (non-hydrogen) atoms. The van der Waals surface area contributed by atoms with Gasteiger partial charge in [0.25, 0.3) is 0 Å². The summed E-state index contributed by atoms with van der Waals surface area (Å²) in [6.07, 6.45) is 5.66. The molecule has 1 amide bonds. The maximum Gasteiger partial charge on any atom is 0.410 e. The summed E-state index contributed by atoms with van der Waals surface area (Å²) in [5.74, 6) is 0.851. The van der Waals surface area contributed by atoms with Crippen LogP contribution in [0.4, 0.5) is 16.3 Å². The highest BCUT2D eigenvalue weighted by Crippen LogP contribution is 2.39. The van der Waals surface area contributed by atoms with Crippen LogP contribution in [0, 0.1) is 11.3 Å². The zero-order valence-corrected chi connectivity index (χ0v) is 22.5. The van der Waals surface area contributed by atoms with E-state index >= 15 is 0 Å². The Morgan fingerprint density at radius 2 is 1.89 bits per heavy atom. The highest BCUT2D eigenvalue weighted by Gasteiger charge is 2.33. The van der Waals surface area contributed by atoms with Gasteiger partial charge in [-0.25, -0.2) is 14.8 Å². The Bertz CT molecular complexity index is 1370. The van der Waals surface area contributed by atoms with Crippen LogP contribution in [0.25, 0.3) is 16.7 Å². The third-order valence-corrected chi connectivity index (χ3v) is 7.05. The van der Waals surface area contributed by atoms with Gasteiger partial charge in [0.1, 0.15) is 17.7 Å². The number of halogens is 1. The molecular formula is C27H32ClN7O2. The third kappa shape index (κ3) is 5.03. The number of aromatic nitrogens is 3. The lowest BCUT2D eigenvalue weighted by molar-refractivity contribution is 0.0218. The van der Waals surface area contributed by atoms with Gasteiger partial charge < -0.3 is 19.4 Å². The van der Waals surface area contributed by atoms with Crippen LogP contribution in [0.5, 0.6) is 0 Å². The standard InChI is InChI=1S/C27H32ClN7O2/c1-18-15-33(26(36)37-27(2,3)4)9-10-34(18)24-23-22(32-7-5-6-8-32)16-35(25(23)31-17-30-24)21-12-19(14-29)11-20(28)13-21/h11-13,16-18H,5-10,15H2,1-4H3. The van der Waals surface area contributed by atoms with Crippen LogP contribution < -0.4 is 9.80 Å². The molecule has 0 radical (unpaired) electrons. The number of piperazine rings is 1. The number of anilines is 2. The lowest BCUT2D eigenvalue weighted by atomic mass is 10.1. The molecule has 0 N–H and O–H groups in total. The molecule has 2 saturated heterocycles. The molecule has 0 spiro atoms. The van der Waals surface area contributed by atoms with E-state index in [4.69, 9.17) is 21.3 Å². The number of nitriles is 1. The van der Waals surface area contributed by atoms with Gasteiger partial charge in [0, 0.05) is 55.7 Å². The number of nitrogens with zero attached hydrogens (tertiary/aromatic N) is 7. The number of carbonyl (C=O) groups excluding carboxylic acids is 1. The summed E-state index contributed by atoms with van der Waals surface area (Å²) in [7, 11) is 0. The number of hydrogen-bond acceptors (Lipinski definition) is 7. The molecule has 1 atom stereocenters. The van der Waals surface area contributed by atoms with E-state index in [1.807, 2.05) is 37.5 Å². The summed E-state index contributed by atoms with van der Waals surface area (Å²) < 4.78 is 7.61. The molecule has 9 nitrogen and oxygen atoms in total. The van der Waals surface area contributed by atoms with Crippen molar-refractivity contribution in [2.24, 2.45) is 0 Å². The van der Waals surface area contributed by atoms with Crippen LogP contribution in [0.1, 0.15) is 46.1 Å². The van der Waals surface area contributed by atoms with E-state index in [9.17, 15) is 10.1 Å². The summed E-state index contributed by atoms with van der Waals surface area (Å²) in [6, 6.07) is 7.55. The average Bonchev–Trinajstić information content (AvgIpc) is 3.50. The monoisotopic (exact) mass is 521 g/mol. The quantitative estimate of drug-likeness (QED) is 0.479. The van der Waals surface area contributed by atoms with Crippen LogP contribution >= 0.6 is 11.6 Å². The largest absolute Gasteiger partial charge is 0.444 e. The number of hydrogen-bond donors (Lipinski definition) is 0. The topological polar surface area (TPSA) is 90.5 Å². The Morgan fingerprint density at radius 3 is 2.57 bits per heavy atom. The van der Waals surface area contributed by atoms with E-state index < -0.39 is 5.60 Å². The van der Waals surface area contributed by atoms with E-state index in [0.717, 1.165) is 54.2 Å². The molecule has 10 heteroatoms. The predicted octanol–water partition coefficient (Wildman–Crippen LogP) is 4.99. The fraction of sp³-hybridized carbons (Fsp3) is 0.481. The van der Waals surface area contributed by atoms with Gasteiger partial charge in [-0.05, 0) is 58.7 Å². The van der Waals surface area contributed by atoms with Crippen molar-refractivity contribution >= 4 is 40.2 Å². The number of ether oxygens (including phenoxy) is 1. The zero-order chi connectivity index (χ0) is 26.3. The Morgan fingerprint density at radius 1 is 1.14 bits per heavy atom. The molecule has 2 aliphatic rings. The first-order valence-electron chi connectivity index (χ1n) is 12.7. The summed E-state index contributed by atoms with van der Waals surface area (Å²) in [5, 5.41) is 11.0. The third-order valence-electron chi connectivity index (χ3n) is 6.83. The molecule has 4 heterocycles. The molecule has 0 saturated carbocycles. The van der Waals surface area contributed by atoms with Gasteiger partial charge in [-0.2, -0.15) is 5.26 Å². The van der Waals surface area contributed by atoms with Gasteiger partial charge in [-0.3, -0.25) is 4.57 Å². The maximum atomic E-state index is 12.7. The van der Waals surface area contributed by atoms with Crippen LogP contribution in [0.3, 0.4) is 0 Å². The summed E-state index contributed by atoms with van der Waals surface area (Å²) in [6.45, 7) is 11.4. The lowest BCUT2D eigenvalue weighted by Crippen LogP contribution is -2.54. The van der Waals surface area contributed by atoms with Crippen LogP contribution in [-0.4, -0.2) is 69.9 Å². The Hall–Kier alpha value is -3.51. The molecule has 1 aromatic carbocycles. The van der Waals surface area contributed by atoms with E-state index in [2.05, 4.69) is 34.0 Å². The predicted molar refractivity (Wildman–Crippen MR) is 145 cm³/mol. The minimum Gasteiger partial charge on any atom is -0.444 e. The molecule has 0 aliphatic carbocycles. The number of amides is 1. The summed E-state index contributed by atoms with van der Waals surface area (Å²) >= 11 is 6.36.